The summed E-state index contributed by atoms with van der Waals surface area (Å²) in [4.78, 5) is 22.4. The molecule has 0 aliphatic heterocycles. The van der Waals surface area contributed by atoms with Crippen molar-refractivity contribution in [3.63, 3.8) is 0 Å². The van der Waals surface area contributed by atoms with Gasteiger partial charge in [0.05, 0.1) is 10.9 Å². The molecule has 0 fully saturated rings. The lowest BCUT2D eigenvalue weighted by atomic mass is 10.1. The number of ether oxygens (including phenoxy) is 1. The van der Waals surface area contributed by atoms with Crippen LogP contribution in [0.25, 0.3) is 10.9 Å². The molecule has 1 aromatic heterocycles. The Kier molecular flexibility index (Phi) is 3.41. The molecule has 0 saturated heterocycles. The normalized spacial score (nSPS) is 10.4. The summed E-state index contributed by atoms with van der Waals surface area (Å²) in [5, 5.41) is 13.7. The van der Waals surface area contributed by atoms with Gasteiger partial charge in [0.25, 0.3) is 12.0 Å². The van der Waals surface area contributed by atoms with Gasteiger partial charge in [-0.3, -0.25) is 9.59 Å². The minimum Gasteiger partial charge on any atom is -0.504 e. The van der Waals surface area contributed by atoms with E-state index in [0.717, 1.165) is 0 Å². The van der Waals surface area contributed by atoms with Crippen molar-refractivity contribution in [1.29, 1.82) is 0 Å². The molecular weight excluding hydrogens is 248 g/mol. The van der Waals surface area contributed by atoms with Gasteiger partial charge in [-0.1, -0.05) is 6.07 Å². The number of carbonyl (C=O) groups is 1. The number of aromatic nitrogens is 1. The number of benzene rings is 1. The van der Waals surface area contributed by atoms with E-state index >= 15 is 0 Å². The van der Waals surface area contributed by atoms with Gasteiger partial charge >= 0.3 is 0 Å². The van der Waals surface area contributed by atoms with Crippen LogP contribution in [0.2, 0.25) is 0 Å². The number of pyridine rings is 1. The fourth-order valence-electron chi connectivity index (χ4n) is 2.04. The van der Waals surface area contributed by atoms with Gasteiger partial charge in [0.1, 0.15) is 0 Å². The van der Waals surface area contributed by atoms with Crippen molar-refractivity contribution in [3.05, 3.63) is 28.6 Å². The van der Waals surface area contributed by atoms with E-state index in [1.165, 1.54) is 4.57 Å². The molecule has 0 unspecified atom stereocenters. The topological polar surface area (TPSA) is 80.6 Å². The van der Waals surface area contributed by atoms with Crippen molar-refractivity contribution in [2.45, 2.75) is 6.92 Å². The van der Waals surface area contributed by atoms with E-state index in [2.05, 4.69) is 10.1 Å². The number of nitrogens with one attached hydrogen (secondary N) is 1. The Labute approximate surface area is 109 Å². The minimum absolute atomic E-state index is 0.123. The van der Waals surface area contributed by atoms with Gasteiger partial charge in [0.2, 0.25) is 5.75 Å². The number of anilines is 1. The van der Waals surface area contributed by atoms with Crippen molar-refractivity contribution >= 4 is 23.1 Å². The second-order valence-electron chi connectivity index (χ2n) is 3.99. The van der Waals surface area contributed by atoms with Crippen molar-refractivity contribution in [3.8, 4) is 11.5 Å². The van der Waals surface area contributed by atoms with Gasteiger partial charge in [-0.15, -0.1) is 0 Å². The fraction of sp³-hybridized carbons (Fsp3) is 0.231. The molecule has 100 valence electrons. The Morgan fingerprint density at radius 2 is 2.21 bits per heavy atom. The summed E-state index contributed by atoms with van der Waals surface area (Å²) in [6.07, 6.45) is 0. The van der Waals surface area contributed by atoms with Crippen molar-refractivity contribution < 1.29 is 14.6 Å². The number of carbonyl (C=O) groups excluding carboxylic acids is 1. The summed E-state index contributed by atoms with van der Waals surface area (Å²) in [5.41, 5.74) is 0.661. The number of aromatic hydroxyl groups is 1. The number of aryl methyl sites for hydroxylation is 1. The van der Waals surface area contributed by atoms with Gasteiger partial charge in [-0.2, -0.15) is 0 Å². The van der Waals surface area contributed by atoms with E-state index in [0.29, 0.717) is 23.1 Å². The zero-order valence-corrected chi connectivity index (χ0v) is 10.6. The summed E-state index contributed by atoms with van der Waals surface area (Å²) in [7, 11) is 1.55. The van der Waals surface area contributed by atoms with E-state index in [1.807, 2.05) is 6.92 Å². The number of nitrogens with zero attached hydrogens (tertiary/aromatic N) is 1. The van der Waals surface area contributed by atoms with Gasteiger partial charge in [-0.05, 0) is 19.1 Å². The van der Waals surface area contributed by atoms with Crippen molar-refractivity contribution in [1.82, 2.24) is 4.57 Å². The van der Waals surface area contributed by atoms with Crippen LogP contribution in [0.3, 0.4) is 0 Å². The Balaban J connectivity index is 2.90. The number of rotatable bonds is 4. The van der Waals surface area contributed by atoms with E-state index in [-0.39, 0.29) is 18.0 Å². The Hall–Kier alpha value is -2.50. The molecule has 0 spiro atoms. The highest BCUT2D eigenvalue weighted by Gasteiger charge is 2.18. The Bertz CT molecular complexity index is 691. The fourth-order valence-corrected chi connectivity index (χ4v) is 2.04. The van der Waals surface area contributed by atoms with Crippen LogP contribution in [-0.4, -0.2) is 22.7 Å². The SMILES string of the molecule is CCNc1cccc2c1c(O)c(OC=O)c(=O)n2C. The predicted molar refractivity (Wildman–Crippen MR) is 71.7 cm³/mol. The Morgan fingerprint density at radius 1 is 1.47 bits per heavy atom. The first-order valence-corrected chi connectivity index (χ1v) is 5.80. The molecule has 0 bridgehead atoms. The van der Waals surface area contributed by atoms with E-state index in [9.17, 15) is 14.7 Å². The second kappa shape index (κ2) is 5.01. The number of hydrogen-bond acceptors (Lipinski definition) is 5. The second-order valence-corrected chi connectivity index (χ2v) is 3.99. The summed E-state index contributed by atoms with van der Waals surface area (Å²) in [6, 6.07) is 5.27. The first kappa shape index (κ1) is 12.9. The van der Waals surface area contributed by atoms with E-state index in [1.54, 1.807) is 25.2 Å². The number of fused-ring (bicyclic) bond motifs is 1. The molecule has 1 heterocycles. The molecule has 0 aliphatic rings. The third-order valence-corrected chi connectivity index (χ3v) is 2.89. The average Bonchev–Trinajstić information content (AvgIpc) is 2.41. The quantitative estimate of drug-likeness (QED) is 0.809. The van der Waals surface area contributed by atoms with Crippen LogP contribution in [0.5, 0.6) is 11.5 Å². The molecule has 2 N–H and O–H groups in total. The highest BCUT2D eigenvalue weighted by molar-refractivity contribution is 5.98. The zero-order chi connectivity index (χ0) is 14.0. The molecule has 19 heavy (non-hydrogen) atoms. The van der Waals surface area contributed by atoms with Crippen LogP contribution in [0.4, 0.5) is 5.69 Å². The molecule has 1 aromatic carbocycles. The maximum atomic E-state index is 12.0. The Morgan fingerprint density at radius 3 is 2.84 bits per heavy atom. The first-order chi connectivity index (χ1) is 9.11. The van der Waals surface area contributed by atoms with Crippen molar-refractivity contribution in [2.24, 2.45) is 7.05 Å². The predicted octanol–water partition coefficient (Wildman–Crippen LogP) is 1.21. The summed E-state index contributed by atoms with van der Waals surface area (Å²) in [6.45, 7) is 2.70. The molecule has 2 rings (SSSR count). The minimum atomic E-state index is -0.564. The van der Waals surface area contributed by atoms with Gasteiger partial charge in [0.15, 0.2) is 5.75 Å². The lowest BCUT2D eigenvalue weighted by Crippen LogP contribution is -2.19. The molecule has 6 nitrogen and oxygen atoms in total. The maximum Gasteiger partial charge on any atom is 0.298 e. The third kappa shape index (κ3) is 2.01. The van der Waals surface area contributed by atoms with Crippen LogP contribution in [0.15, 0.2) is 23.0 Å². The first-order valence-electron chi connectivity index (χ1n) is 5.80. The largest absolute Gasteiger partial charge is 0.504 e. The van der Waals surface area contributed by atoms with Crippen LogP contribution >= 0.6 is 0 Å². The molecule has 0 saturated carbocycles. The molecule has 0 aliphatic carbocycles. The lowest BCUT2D eigenvalue weighted by Gasteiger charge is -2.14. The highest BCUT2D eigenvalue weighted by Crippen LogP contribution is 2.35. The molecule has 2 aromatic rings. The van der Waals surface area contributed by atoms with Gasteiger partial charge in [-0.25, -0.2) is 0 Å². The standard InChI is InChI=1S/C13H14N2O4/c1-3-14-8-5-4-6-9-10(8)11(17)12(19-7-16)13(18)15(9)2/h4-7,14,17H,3H2,1-2H3. The molecular formula is C13H14N2O4. The van der Waals surface area contributed by atoms with Gasteiger partial charge < -0.3 is 19.7 Å². The third-order valence-electron chi connectivity index (χ3n) is 2.89. The van der Waals surface area contributed by atoms with Crippen LogP contribution in [-0.2, 0) is 11.8 Å². The summed E-state index contributed by atoms with van der Waals surface area (Å²) in [5.74, 6) is -0.697. The zero-order valence-electron chi connectivity index (χ0n) is 10.6. The summed E-state index contributed by atoms with van der Waals surface area (Å²) < 4.78 is 5.93. The van der Waals surface area contributed by atoms with E-state index in [4.69, 9.17) is 0 Å². The van der Waals surface area contributed by atoms with Gasteiger partial charge in [0, 0.05) is 19.3 Å². The number of hydrogen-bond donors (Lipinski definition) is 2. The van der Waals surface area contributed by atoms with Crippen molar-refractivity contribution in [2.75, 3.05) is 11.9 Å². The van der Waals surface area contributed by atoms with E-state index < -0.39 is 5.56 Å². The maximum absolute atomic E-state index is 12.0. The smallest absolute Gasteiger partial charge is 0.298 e. The molecule has 0 amide bonds. The molecule has 0 radical (unpaired) electrons. The highest BCUT2D eigenvalue weighted by atomic mass is 16.5. The molecule has 0 atom stereocenters. The van der Waals surface area contributed by atoms with Crippen LogP contribution in [0, 0.1) is 0 Å². The van der Waals surface area contributed by atoms with Crippen LogP contribution in [0.1, 0.15) is 6.92 Å². The average molecular weight is 262 g/mol. The summed E-state index contributed by atoms with van der Waals surface area (Å²) >= 11 is 0. The molecule has 6 heteroatoms. The van der Waals surface area contributed by atoms with Crippen LogP contribution < -0.4 is 15.6 Å². The monoisotopic (exact) mass is 262 g/mol. The lowest BCUT2D eigenvalue weighted by molar-refractivity contribution is -0.120.